The number of aliphatic imine (C=N–C) groups is 1. The molecule has 0 saturated heterocycles. The third kappa shape index (κ3) is 1.88. The smallest absolute Gasteiger partial charge is 0.332 e. The first-order valence-electron chi connectivity index (χ1n) is 4.12. The lowest BCUT2D eigenvalue weighted by Crippen LogP contribution is -2.32. The number of carboxylic acid groups (broad SMARTS) is 1. The first-order chi connectivity index (χ1) is 6.04. The number of rotatable bonds is 3. The van der Waals surface area contributed by atoms with Crippen LogP contribution in [-0.2, 0) is 9.53 Å². The molecule has 13 heavy (non-hydrogen) atoms. The molecule has 0 aliphatic carbocycles. The Morgan fingerprint density at radius 2 is 2.31 bits per heavy atom. The topological polar surface area (TPSA) is 58.9 Å². The molecule has 4 nitrogen and oxygen atoms in total. The maximum atomic E-state index is 10.7. The van der Waals surface area contributed by atoms with E-state index in [4.69, 9.17) is 9.84 Å². The lowest BCUT2D eigenvalue weighted by Gasteiger charge is -2.19. The zero-order valence-corrected chi connectivity index (χ0v) is 7.73. The standard InChI is InChI=1S/C9H13NO3/c1-5(2)6(3)8-7(9(11)12)10-4-13-8/h4-5,7-8H,3H2,1-2H3,(H,11,12). The second kappa shape index (κ2) is 3.60. The van der Waals surface area contributed by atoms with Crippen molar-refractivity contribution in [1.29, 1.82) is 0 Å². The molecule has 0 aromatic rings. The Hall–Kier alpha value is -1.32. The van der Waals surface area contributed by atoms with E-state index >= 15 is 0 Å². The van der Waals surface area contributed by atoms with Gasteiger partial charge in [0.2, 0.25) is 0 Å². The molecule has 0 saturated carbocycles. The van der Waals surface area contributed by atoms with Gasteiger partial charge < -0.3 is 9.84 Å². The minimum absolute atomic E-state index is 0.202. The van der Waals surface area contributed by atoms with Crippen molar-refractivity contribution in [3.63, 3.8) is 0 Å². The van der Waals surface area contributed by atoms with E-state index in [1.807, 2.05) is 13.8 Å². The Bertz CT molecular complexity index is 258. The van der Waals surface area contributed by atoms with E-state index in [0.717, 1.165) is 5.57 Å². The van der Waals surface area contributed by atoms with Gasteiger partial charge in [-0.3, -0.25) is 0 Å². The summed E-state index contributed by atoms with van der Waals surface area (Å²) >= 11 is 0. The van der Waals surface area contributed by atoms with Crippen molar-refractivity contribution >= 4 is 12.4 Å². The highest BCUT2D eigenvalue weighted by atomic mass is 16.5. The third-order valence-electron chi connectivity index (χ3n) is 2.08. The number of hydrogen-bond acceptors (Lipinski definition) is 3. The average molecular weight is 183 g/mol. The zero-order valence-electron chi connectivity index (χ0n) is 7.73. The molecule has 0 fully saturated rings. The Morgan fingerprint density at radius 1 is 1.69 bits per heavy atom. The molecule has 0 radical (unpaired) electrons. The van der Waals surface area contributed by atoms with Gasteiger partial charge in [0.05, 0.1) is 0 Å². The van der Waals surface area contributed by atoms with Crippen molar-refractivity contribution in [1.82, 2.24) is 0 Å². The number of aliphatic carboxylic acids is 1. The van der Waals surface area contributed by atoms with Crippen LogP contribution in [-0.4, -0.2) is 29.6 Å². The van der Waals surface area contributed by atoms with Crippen molar-refractivity contribution in [2.24, 2.45) is 10.9 Å². The summed E-state index contributed by atoms with van der Waals surface area (Å²) in [7, 11) is 0. The van der Waals surface area contributed by atoms with Crippen molar-refractivity contribution in [3.05, 3.63) is 12.2 Å². The fourth-order valence-electron chi connectivity index (χ4n) is 1.13. The Morgan fingerprint density at radius 3 is 2.77 bits per heavy atom. The van der Waals surface area contributed by atoms with Crippen LogP contribution in [0.3, 0.4) is 0 Å². The Balaban J connectivity index is 2.72. The van der Waals surface area contributed by atoms with Crippen LogP contribution in [0.5, 0.6) is 0 Å². The molecule has 0 bridgehead atoms. The van der Waals surface area contributed by atoms with E-state index in [2.05, 4.69) is 11.6 Å². The summed E-state index contributed by atoms with van der Waals surface area (Å²) in [6, 6.07) is -0.824. The van der Waals surface area contributed by atoms with Crippen molar-refractivity contribution < 1.29 is 14.6 Å². The molecule has 2 unspecified atom stereocenters. The molecule has 0 amide bonds. The number of carbonyl (C=O) groups is 1. The molecule has 1 rings (SSSR count). The van der Waals surface area contributed by atoms with Crippen molar-refractivity contribution in [2.45, 2.75) is 26.0 Å². The highest BCUT2D eigenvalue weighted by Gasteiger charge is 2.35. The van der Waals surface area contributed by atoms with E-state index in [1.165, 1.54) is 6.40 Å². The molecular weight excluding hydrogens is 170 g/mol. The van der Waals surface area contributed by atoms with Gasteiger partial charge in [-0.15, -0.1) is 0 Å². The lowest BCUT2D eigenvalue weighted by atomic mass is 9.95. The van der Waals surface area contributed by atoms with Crippen LogP contribution in [0.2, 0.25) is 0 Å². The summed E-state index contributed by atoms with van der Waals surface area (Å²) < 4.78 is 5.08. The Kier molecular flexibility index (Phi) is 2.70. The van der Waals surface area contributed by atoms with E-state index in [1.54, 1.807) is 0 Å². The summed E-state index contributed by atoms with van der Waals surface area (Å²) in [5, 5.41) is 8.78. The van der Waals surface area contributed by atoms with E-state index in [9.17, 15) is 4.79 Å². The van der Waals surface area contributed by atoms with Crippen LogP contribution >= 0.6 is 0 Å². The van der Waals surface area contributed by atoms with Crippen LogP contribution < -0.4 is 0 Å². The average Bonchev–Trinajstić information content (AvgIpc) is 2.50. The number of hydrogen-bond donors (Lipinski definition) is 1. The van der Waals surface area contributed by atoms with Crippen molar-refractivity contribution in [2.75, 3.05) is 0 Å². The maximum Gasteiger partial charge on any atom is 0.332 e. The highest BCUT2D eigenvalue weighted by Crippen LogP contribution is 2.22. The van der Waals surface area contributed by atoms with Gasteiger partial charge in [0.15, 0.2) is 18.5 Å². The van der Waals surface area contributed by atoms with Gasteiger partial charge >= 0.3 is 5.97 Å². The zero-order chi connectivity index (χ0) is 10.0. The lowest BCUT2D eigenvalue weighted by molar-refractivity contribution is -0.139. The first-order valence-corrected chi connectivity index (χ1v) is 4.12. The summed E-state index contributed by atoms with van der Waals surface area (Å²) in [5.41, 5.74) is 0.768. The van der Waals surface area contributed by atoms with Crippen molar-refractivity contribution in [3.8, 4) is 0 Å². The number of nitrogens with zero attached hydrogens (tertiary/aromatic N) is 1. The van der Waals surface area contributed by atoms with Crippen LogP contribution in [0.4, 0.5) is 0 Å². The fourth-order valence-corrected chi connectivity index (χ4v) is 1.13. The van der Waals surface area contributed by atoms with Gasteiger partial charge in [0.25, 0.3) is 0 Å². The van der Waals surface area contributed by atoms with Crippen LogP contribution in [0, 0.1) is 5.92 Å². The van der Waals surface area contributed by atoms with Gasteiger partial charge in [-0.05, 0) is 11.5 Å². The molecular formula is C9H13NO3. The maximum absolute atomic E-state index is 10.7. The van der Waals surface area contributed by atoms with Crippen LogP contribution in [0.1, 0.15) is 13.8 Å². The minimum atomic E-state index is -0.972. The molecule has 0 spiro atoms. The second-order valence-corrected chi connectivity index (χ2v) is 3.32. The van der Waals surface area contributed by atoms with Gasteiger partial charge in [-0.25, -0.2) is 9.79 Å². The summed E-state index contributed by atoms with van der Waals surface area (Å²) in [6.45, 7) is 7.70. The molecule has 1 N–H and O–H groups in total. The normalized spacial score (nSPS) is 26.1. The molecule has 1 aliphatic rings. The molecule has 2 atom stereocenters. The van der Waals surface area contributed by atoms with Gasteiger partial charge in [0.1, 0.15) is 0 Å². The first kappa shape index (κ1) is 9.77. The summed E-state index contributed by atoms with van der Waals surface area (Å²) in [6.07, 6.45) is 0.689. The van der Waals surface area contributed by atoms with Gasteiger partial charge in [-0.1, -0.05) is 20.4 Å². The monoisotopic (exact) mass is 183 g/mol. The molecule has 0 aromatic heterocycles. The fraction of sp³-hybridized carbons (Fsp3) is 0.556. The minimum Gasteiger partial charge on any atom is -0.480 e. The predicted octanol–water partition coefficient (Wildman–Crippen LogP) is 1.08. The molecule has 1 heterocycles. The number of carboxylic acids is 1. The van der Waals surface area contributed by atoms with E-state index in [-0.39, 0.29) is 5.92 Å². The van der Waals surface area contributed by atoms with Crippen LogP contribution in [0.25, 0.3) is 0 Å². The van der Waals surface area contributed by atoms with Crippen LogP contribution in [0.15, 0.2) is 17.1 Å². The van der Waals surface area contributed by atoms with Gasteiger partial charge in [0, 0.05) is 0 Å². The molecule has 72 valence electrons. The molecule has 0 aromatic carbocycles. The quantitative estimate of drug-likeness (QED) is 0.666. The van der Waals surface area contributed by atoms with E-state index < -0.39 is 18.1 Å². The third-order valence-corrected chi connectivity index (χ3v) is 2.08. The SMILES string of the molecule is C=C(C(C)C)C1OC=NC1C(=O)O. The highest BCUT2D eigenvalue weighted by molar-refractivity contribution is 5.78. The predicted molar refractivity (Wildman–Crippen MR) is 48.8 cm³/mol. The van der Waals surface area contributed by atoms with Gasteiger partial charge in [-0.2, -0.15) is 0 Å². The van der Waals surface area contributed by atoms with E-state index in [0.29, 0.717) is 0 Å². The number of ether oxygens (including phenoxy) is 1. The summed E-state index contributed by atoms with van der Waals surface area (Å²) in [4.78, 5) is 14.4. The molecule has 1 aliphatic heterocycles. The Labute approximate surface area is 76.9 Å². The largest absolute Gasteiger partial charge is 0.480 e. The second-order valence-electron chi connectivity index (χ2n) is 3.32. The summed E-state index contributed by atoms with van der Waals surface area (Å²) in [5.74, 6) is -0.769. The molecule has 4 heteroatoms.